The Labute approximate surface area is 283 Å². The molecule has 2 saturated carbocycles. The third kappa shape index (κ3) is 8.80. The van der Waals surface area contributed by atoms with Gasteiger partial charge in [-0.25, -0.2) is 0 Å². The number of hydrogen-bond acceptors (Lipinski definition) is 9. The Balaban J connectivity index is 1.13. The molecule has 0 bridgehead atoms. The summed E-state index contributed by atoms with van der Waals surface area (Å²) in [5.41, 5.74) is 7.65. The predicted octanol–water partition coefficient (Wildman–Crippen LogP) is 3.72. The summed E-state index contributed by atoms with van der Waals surface area (Å²) in [6, 6.07) is 14.7. The summed E-state index contributed by atoms with van der Waals surface area (Å²) in [7, 11) is 1.52. The van der Waals surface area contributed by atoms with Crippen LogP contribution < -0.4 is 4.74 Å². The minimum atomic E-state index is -1.72. The number of nitrogens with zero attached hydrogens (tertiary/aromatic N) is 2. The second-order valence-corrected chi connectivity index (χ2v) is 13.5. The van der Waals surface area contributed by atoms with Gasteiger partial charge in [0.25, 0.3) is 0 Å². The molecule has 5 N–H and O–H groups in total. The van der Waals surface area contributed by atoms with Gasteiger partial charge < -0.3 is 39.9 Å². The van der Waals surface area contributed by atoms with Crippen LogP contribution in [0.2, 0.25) is 0 Å². The first-order valence-corrected chi connectivity index (χ1v) is 17.0. The quantitative estimate of drug-likeness (QED) is 0.128. The highest BCUT2D eigenvalue weighted by molar-refractivity contribution is 5.76. The van der Waals surface area contributed by atoms with Crippen molar-refractivity contribution in [3.8, 4) is 16.9 Å². The Morgan fingerprint density at radius 1 is 0.958 bits per heavy atom. The Kier molecular flexibility index (Phi) is 11.9. The van der Waals surface area contributed by atoms with Gasteiger partial charge in [0, 0.05) is 43.5 Å². The van der Waals surface area contributed by atoms with Crippen LogP contribution >= 0.6 is 0 Å². The number of aryl methyl sites for hydroxylation is 3. The summed E-state index contributed by atoms with van der Waals surface area (Å²) < 4.78 is 13.0. The molecule has 5 rings (SSSR count). The molecule has 2 aromatic carbocycles. The molecule has 1 aromatic heterocycles. The Morgan fingerprint density at radius 3 is 2.35 bits per heavy atom. The van der Waals surface area contributed by atoms with E-state index in [-0.39, 0.29) is 24.5 Å². The molecule has 10 heteroatoms. The van der Waals surface area contributed by atoms with Gasteiger partial charge in [-0.05, 0) is 98.7 Å². The van der Waals surface area contributed by atoms with Crippen molar-refractivity contribution in [3.63, 3.8) is 0 Å². The lowest BCUT2D eigenvalue weighted by molar-refractivity contribution is -0.138. The summed E-state index contributed by atoms with van der Waals surface area (Å²) in [6.45, 7) is 3.75. The normalized spacial score (nSPS) is 17.8. The molecule has 2 aliphatic rings. The number of aliphatic hydroxyl groups is 5. The molecule has 0 saturated heterocycles. The van der Waals surface area contributed by atoms with E-state index in [9.17, 15) is 25.2 Å². The SMILES string of the molecule is Cc1cc(COC2(c3cnccc3-c3ccccc3OC3CC3)CC2)c(C)cc1CCCCC(=O)N(C)CC(O)C(O)C(O)C(O)CO. The van der Waals surface area contributed by atoms with Gasteiger partial charge in [-0.15, -0.1) is 0 Å². The minimum absolute atomic E-state index is 0.191. The van der Waals surface area contributed by atoms with Crippen molar-refractivity contribution in [1.29, 1.82) is 0 Å². The lowest BCUT2D eigenvalue weighted by Crippen LogP contribution is -2.49. The molecular formula is C38H50N2O8. The van der Waals surface area contributed by atoms with Crippen LogP contribution in [0.1, 0.15) is 72.8 Å². The van der Waals surface area contributed by atoms with E-state index in [4.69, 9.17) is 14.6 Å². The summed E-state index contributed by atoms with van der Waals surface area (Å²) in [6.07, 6.45) is 4.27. The van der Waals surface area contributed by atoms with E-state index >= 15 is 0 Å². The van der Waals surface area contributed by atoms with Crippen LogP contribution in [0.15, 0.2) is 54.9 Å². The van der Waals surface area contributed by atoms with Gasteiger partial charge in [0.1, 0.15) is 30.2 Å². The number of rotatable bonds is 18. The van der Waals surface area contributed by atoms with Crippen molar-refractivity contribution in [3.05, 3.63) is 82.7 Å². The van der Waals surface area contributed by atoms with Crippen LogP contribution in [0.3, 0.4) is 0 Å². The molecule has 1 heterocycles. The molecule has 48 heavy (non-hydrogen) atoms. The highest BCUT2D eigenvalue weighted by Crippen LogP contribution is 2.53. The molecule has 2 fully saturated rings. The van der Waals surface area contributed by atoms with E-state index in [1.807, 2.05) is 30.6 Å². The maximum Gasteiger partial charge on any atom is 0.222 e. The van der Waals surface area contributed by atoms with Crippen LogP contribution in [0.25, 0.3) is 11.1 Å². The van der Waals surface area contributed by atoms with E-state index in [0.717, 1.165) is 72.1 Å². The zero-order valence-corrected chi connectivity index (χ0v) is 28.2. The van der Waals surface area contributed by atoms with Gasteiger partial charge in [0.05, 0.1) is 24.9 Å². The fourth-order valence-corrected chi connectivity index (χ4v) is 6.17. The maximum atomic E-state index is 12.6. The lowest BCUT2D eigenvalue weighted by Gasteiger charge is -2.28. The van der Waals surface area contributed by atoms with Crippen LogP contribution in [-0.2, 0) is 28.2 Å². The number of carbonyl (C=O) groups is 1. The molecular weight excluding hydrogens is 612 g/mol. The number of likely N-dealkylation sites (N-methyl/N-ethyl adjacent to an activating group) is 1. The molecule has 4 unspecified atom stereocenters. The average Bonchev–Trinajstić information content (AvgIpc) is 4.04. The fourth-order valence-electron chi connectivity index (χ4n) is 6.17. The number of benzene rings is 2. The van der Waals surface area contributed by atoms with Crippen molar-refractivity contribution in [2.75, 3.05) is 20.2 Å². The zero-order valence-electron chi connectivity index (χ0n) is 28.2. The highest BCUT2D eigenvalue weighted by Gasteiger charge is 2.48. The summed E-state index contributed by atoms with van der Waals surface area (Å²) in [5, 5.41) is 48.4. The van der Waals surface area contributed by atoms with E-state index in [1.165, 1.54) is 23.1 Å². The molecule has 0 aliphatic heterocycles. The number of aromatic nitrogens is 1. The summed E-state index contributed by atoms with van der Waals surface area (Å²) in [4.78, 5) is 18.4. The minimum Gasteiger partial charge on any atom is -0.490 e. The maximum absolute atomic E-state index is 12.6. The fraction of sp³-hybridized carbons (Fsp3) is 0.526. The summed E-state index contributed by atoms with van der Waals surface area (Å²) in [5.74, 6) is 0.719. The van der Waals surface area contributed by atoms with E-state index in [2.05, 4.69) is 43.1 Å². The van der Waals surface area contributed by atoms with E-state index in [0.29, 0.717) is 19.1 Å². The van der Waals surface area contributed by atoms with E-state index < -0.39 is 31.0 Å². The Morgan fingerprint density at radius 2 is 1.65 bits per heavy atom. The molecule has 2 aliphatic carbocycles. The third-order valence-electron chi connectivity index (χ3n) is 9.61. The van der Waals surface area contributed by atoms with Crippen molar-refractivity contribution < 1.29 is 39.8 Å². The standard InChI is InChI=1S/C38H50N2O8/c1-24-19-27(25(2)18-26(24)8-4-7-11-35(44)40(3)21-32(42)36(45)37(46)33(43)22-41)23-47-38(15-16-38)31-20-39-17-14-29(31)30-9-5-6-10-34(30)48-28-12-13-28/h5-6,9-10,14,17-20,28,32-33,36-37,41-43,45-46H,4,7-8,11-13,15-16,21-23H2,1-3H3. The first kappa shape index (κ1) is 35.9. The number of hydrogen-bond donors (Lipinski definition) is 5. The molecule has 0 radical (unpaired) electrons. The number of unbranched alkanes of at least 4 members (excludes halogenated alkanes) is 1. The van der Waals surface area contributed by atoms with E-state index in [1.54, 1.807) is 0 Å². The first-order valence-electron chi connectivity index (χ1n) is 17.0. The Hall–Kier alpha value is -3.38. The highest BCUT2D eigenvalue weighted by atomic mass is 16.5. The molecule has 10 nitrogen and oxygen atoms in total. The predicted molar refractivity (Wildman–Crippen MR) is 181 cm³/mol. The average molecular weight is 663 g/mol. The smallest absolute Gasteiger partial charge is 0.222 e. The van der Waals surface area contributed by atoms with Gasteiger partial charge in [-0.2, -0.15) is 0 Å². The molecule has 4 atom stereocenters. The van der Waals surface area contributed by atoms with Crippen LogP contribution in [-0.4, -0.2) is 92.0 Å². The van der Waals surface area contributed by atoms with Crippen LogP contribution in [0.5, 0.6) is 5.75 Å². The van der Waals surface area contributed by atoms with Crippen molar-refractivity contribution in [2.45, 2.75) is 108 Å². The zero-order chi connectivity index (χ0) is 34.4. The molecule has 3 aromatic rings. The Bertz CT molecular complexity index is 1540. The van der Waals surface area contributed by atoms with Crippen LogP contribution in [0, 0.1) is 13.8 Å². The second-order valence-electron chi connectivity index (χ2n) is 13.5. The van der Waals surface area contributed by atoms with Crippen LogP contribution in [0.4, 0.5) is 0 Å². The van der Waals surface area contributed by atoms with Gasteiger partial charge in [0.2, 0.25) is 5.91 Å². The van der Waals surface area contributed by atoms with Gasteiger partial charge >= 0.3 is 0 Å². The number of aliphatic hydroxyl groups excluding tert-OH is 5. The van der Waals surface area contributed by atoms with Gasteiger partial charge in [-0.1, -0.05) is 30.3 Å². The van der Waals surface area contributed by atoms with Crippen molar-refractivity contribution in [2.24, 2.45) is 0 Å². The number of para-hydroxylation sites is 1. The molecule has 1 amide bonds. The topological polar surface area (TPSA) is 153 Å². The molecule has 260 valence electrons. The second kappa shape index (κ2) is 15.9. The monoisotopic (exact) mass is 662 g/mol. The third-order valence-corrected chi connectivity index (χ3v) is 9.61. The number of ether oxygens (including phenoxy) is 2. The largest absolute Gasteiger partial charge is 0.490 e. The summed E-state index contributed by atoms with van der Waals surface area (Å²) >= 11 is 0. The van der Waals surface area contributed by atoms with Gasteiger partial charge in [-0.3, -0.25) is 9.78 Å². The van der Waals surface area contributed by atoms with Crippen molar-refractivity contribution >= 4 is 5.91 Å². The number of pyridine rings is 1. The van der Waals surface area contributed by atoms with Gasteiger partial charge in [0.15, 0.2) is 0 Å². The lowest BCUT2D eigenvalue weighted by atomic mass is 9.95. The number of carbonyl (C=O) groups excluding carboxylic acids is 1. The first-order chi connectivity index (χ1) is 23.0. The van der Waals surface area contributed by atoms with Crippen molar-refractivity contribution in [1.82, 2.24) is 9.88 Å². The number of amides is 1. The molecule has 0 spiro atoms.